The first-order valence-corrected chi connectivity index (χ1v) is 33.3. The molecule has 87 heavy (non-hydrogen) atoms. The van der Waals surface area contributed by atoms with Gasteiger partial charge in [0.2, 0.25) is 11.0 Å². The van der Waals surface area contributed by atoms with E-state index in [9.17, 15) is 0 Å². The topological polar surface area (TPSA) is 15.5 Å². The maximum atomic E-state index is 2.51. The Morgan fingerprint density at radius 3 is 1.28 bits per heavy atom. The lowest BCUT2D eigenvalue weighted by atomic mass is 9.80. The Kier molecular flexibility index (Phi) is 25.0. The molecule has 0 spiro atoms. The second-order valence-corrected chi connectivity index (χ2v) is 29.0. The predicted molar refractivity (Wildman–Crippen MR) is 373 cm³/mol. The van der Waals surface area contributed by atoms with Gasteiger partial charge in [0.1, 0.15) is 20.1 Å². The first kappa shape index (κ1) is 67.5. The Hall–Kier alpha value is -7.04. The van der Waals surface area contributed by atoms with E-state index in [1.54, 1.807) is 0 Å². The molecule has 4 nitrogen and oxygen atoms in total. The lowest BCUT2D eigenvalue weighted by molar-refractivity contribution is -0.696. The van der Waals surface area contributed by atoms with Crippen LogP contribution in [0, 0.1) is 16.2 Å². The lowest BCUT2D eigenvalue weighted by Gasteiger charge is -2.25. The van der Waals surface area contributed by atoms with Crippen LogP contribution in [0.3, 0.4) is 0 Å². The molecule has 0 amide bonds. The van der Waals surface area contributed by atoms with Crippen LogP contribution in [0.4, 0.5) is 0 Å². The number of pyridine rings is 4. The number of aryl methyl sites for hydroxylation is 7. The Labute approximate surface area is 527 Å². The quantitative estimate of drug-likeness (QED) is 0.0676. The van der Waals surface area contributed by atoms with Crippen molar-refractivity contribution in [2.45, 2.75) is 205 Å². The smallest absolute Gasteiger partial charge is 0.207 e. The van der Waals surface area contributed by atoms with Gasteiger partial charge in [-0.15, -0.1) is 0 Å². The fourth-order valence-electron chi connectivity index (χ4n) is 12.3. The van der Waals surface area contributed by atoms with Crippen molar-refractivity contribution in [3.63, 3.8) is 0 Å². The van der Waals surface area contributed by atoms with Crippen molar-refractivity contribution in [2.75, 3.05) is 0 Å². The van der Waals surface area contributed by atoms with Crippen molar-refractivity contribution >= 4 is 43.4 Å². The third-order valence-electron chi connectivity index (χ3n) is 17.0. The molecular formula is C83H110N4+4. The molecular weight excluding hydrogens is 1050 g/mol. The number of aromatic nitrogens is 4. The molecule has 0 bridgehead atoms. The van der Waals surface area contributed by atoms with E-state index in [-0.39, 0.29) is 5.41 Å². The van der Waals surface area contributed by atoms with Crippen LogP contribution >= 0.6 is 0 Å². The predicted octanol–water partition coefficient (Wildman–Crippen LogP) is 20.3. The molecule has 0 aliphatic rings. The van der Waals surface area contributed by atoms with Gasteiger partial charge in [-0.1, -0.05) is 211 Å². The molecule has 0 aliphatic carbocycles. The van der Waals surface area contributed by atoms with Gasteiger partial charge in [-0.05, 0) is 139 Å². The van der Waals surface area contributed by atoms with Crippen LogP contribution in [-0.2, 0) is 57.8 Å². The van der Waals surface area contributed by atoms with Crippen LogP contribution in [-0.4, -0.2) is 0 Å². The number of fused-ring (bicyclic) bond motifs is 4. The summed E-state index contributed by atoms with van der Waals surface area (Å²) in [6.45, 7) is 33.3. The molecule has 0 N–H and O–H groups in total. The van der Waals surface area contributed by atoms with Crippen LogP contribution in [0.2, 0.25) is 0 Å². The molecule has 0 saturated carbocycles. The number of hydrogen-bond donors (Lipinski definition) is 0. The van der Waals surface area contributed by atoms with E-state index in [0.717, 1.165) is 26.1 Å². The van der Waals surface area contributed by atoms with Crippen LogP contribution in [0.25, 0.3) is 43.4 Å². The summed E-state index contributed by atoms with van der Waals surface area (Å²) in [5.74, 6) is 0. The fraction of sp³-hybridized carbons (Fsp3) is 0.422. The van der Waals surface area contributed by atoms with E-state index >= 15 is 0 Å². The van der Waals surface area contributed by atoms with Crippen molar-refractivity contribution in [1.82, 2.24) is 0 Å². The number of nitrogens with zero attached hydrogens (tertiary/aromatic N) is 4. The molecule has 0 saturated heterocycles. The third-order valence-corrected chi connectivity index (χ3v) is 17.0. The van der Waals surface area contributed by atoms with Crippen LogP contribution < -0.4 is 18.3 Å². The Morgan fingerprint density at radius 2 is 0.759 bits per heavy atom. The second-order valence-electron chi connectivity index (χ2n) is 29.0. The van der Waals surface area contributed by atoms with Crippen molar-refractivity contribution in [3.8, 4) is 0 Å². The summed E-state index contributed by atoms with van der Waals surface area (Å²) in [5.41, 5.74) is 12.8. The molecule has 0 atom stereocenters. The zero-order valence-electron chi connectivity index (χ0n) is 56.4. The number of benzene rings is 6. The van der Waals surface area contributed by atoms with Gasteiger partial charge in [0.05, 0.1) is 0 Å². The standard InChI is InChI=1S/C28H30N.2C19H28N.C17H24N/c1-28(2,25-15-7-4-8-16-25)21-11-17-26-20-19-24-14-9-10-18-27(24)29(26)22-23-12-5-3-6-13-23;1-5-15-20-17(10-8-14-19(2,3)4)13-12-16-9-6-7-11-18(16)20;1-5-13-20-14-16-9-6-7-11-18(16)17(15-20)10-8-12-19(2,3)4;1-17(2,3)11-7-9-15-13-18(4)12-14-8-5-6-10-16(14)15/h3-10,12-16,18-20H,11,17,21-22H2,1-2H3;6-7,9,11-13H,5,8,10,14-15H2,1-4H3;6-7,9,11,14-15H,5,8,10,12-13H2,1-4H3;5-6,8,10,12-13H,7,9,11H2,1-4H3/q4*+1. The fourth-order valence-corrected chi connectivity index (χ4v) is 12.3. The van der Waals surface area contributed by atoms with E-state index < -0.39 is 0 Å². The third kappa shape index (κ3) is 21.7. The van der Waals surface area contributed by atoms with E-state index in [0.29, 0.717) is 16.2 Å². The van der Waals surface area contributed by atoms with E-state index in [1.165, 1.54) is 160 Å². The van der Waals surface area contributed by atoms with E-state index in [1.807, 2.05) is 0 Å². The van der Waals surface area contributed by atoms with Gasteiger partial charge in [0.25, 0.3) is 0 Å². The minimum Gasteiger partial charge on any atom is -0.207 e. The Balaban J connectivity index is 0.000000169. The van der Waals surface area contributed by atoms with Gasteiger partial charge < -0.3 is 0 Å². The summed E-state index contributed by atoms with van der Waals surface area (Å²) in [4.78, 5) is 0. The molecule has 0 fully saturated rings. The van der Waals surface area contributed by atoms with Crippen LogP contribution in [0.1, 0.15) is 188 Å². The summed E-state index contributed by atoms with van der Waals surface area (Å²) >= 11 is 0. The highest BCUT2D eigenvalue weighted by atomic mass is 15.0. The minimum atomic E-state index is 0.197. The molecule has 0 radical (unpaired) electrons. The summed E-state index contributed by atoms with van der Waals surface area (Å²) < 4.78 is 9.54. The zero-order chi connectivity index (χ0) is 62.5. The maximum absolute atomic E-state index is 2.51. The number of para-hydroxylation sites is 2. The van der Waals surface area contributed by atoms with Gasteiger partial charge in [0.15, 0.2) is 42.7 Å². The molecule has 4 heterocycles. The summed E-state index contributed by atoms with van der Waals surface area (Å²) in [6, 6.07) is 65.8. The monoisotopic (exact) mass is 1160 g/mol. The highest BCUT2D eigenvalue weighted by molar-refractivity contribution is 5.84. The van der Waals surface area contributed by atoms with Crippen molar-refractivity contribution in [1.29, 1.82) is 0 Å². The highest BCUT2D eigenvalue weighted by Gasteiger charge is 2.23. The average Bonchev–Trinajstić information content (AvgIpc) is 2.45. The summed E-state index contributed by atoms with van der Waals surface area (Å²) in [7, 11) is 2.11. The van der Waals surface area contributed by atoms with E-state index in [2.05, 4.69) is 322 Å². The molecule has 4 heteroatoms. The molecule has 0 aliphatic heterocycles. The van der Waals surface area contributed by atoms with Gasteiger partial charge in [0, 0.05) is 88.2 Å². The van der Waals surface area contributed by atoms with Gasteiger partial charge in [-0.2, -0.15) is 9.13 Å². The van der Waals surface area contributed by atoms with Crippen molar-refractivity contribution < 1.29 is 18.3 Å². The maximum Gasteiger partial charge on any atom is 0.212 e. The van der Waals surface area contributed by atoms with Crippen LogP contribution in [0.15, 0.2) is 207 Å². The van der Waals surface area contributed by atoms with Gasteiger partial charge >= 0.3 is 0 Å². The molecule has 4 aromatic heterocycles. The second kappa shape index (κ2) is 32.3. The normalized spacial score (nSPS) is 11.9. The first-order chi connectivity index (χ1) is 41.6. The van der Waals surface area contributed by atoms with Crippen molar-refractivity contribution in [3.05, 3.63) is 240 Å². The average molecular weight is 1160 g/mol. The van der Waals surface area contributed by atoms with Crippen molar-refractivity contribution in [2.24, 2.45) is 23.3 Å². The molecule has 10 aromatic rings. The van der Waals surface area contributed by atoms with Crippen LogP contribution in [0.5, 0.6) is 0 Å². The summed E-state index contributed by atoms with van der Waals surface area (Å²) in [5, 5.41) is 8.19. The number of rotatable bonds is 20. The SMILES string of the molecule is CC(C)(CCCc1ccc2ccccc2[n+]1Cc1ccccc1)c1ccccc1.CCC[n+]1c(CCCC(C)(C)C)ccc2ccccc21.CCC[n+]1cc(CCCC(C)(C)C)c2ccccc2c1.C[n+]1cc(CCCC(C)(C)C)c2ccccc2c1. The molecule has 0 unspecified atom stereocenters. The molecule has 10 rings (SSSR count). The number of hydrogen-bond acceptors (Lipinski definition) is 0. The first-order valence-electron chi connectivity index (χ1n) is 33.3. The van der Waals surface area contributed by atoms with E-state index in [4.69, 9.17) is 0 Å². The Bertz CT molecular complexity index is 3680. The van der Waals surface area contributed by atoms with Gasteiger partial charge in [-0.3, -0.25) is 0 Å². The van der Waals surface area contributed by atoms with Gasteiger partial charge in [-0.25, -0.2) is 9.13 Å². The largest absolute Gasteiger partial charge is 0.212 e. The molecule has 458 valence electrons. The highest BCUT2D eigenvalue weighted by Crippen LogP contribution is 2.30. The zero-order valence-corrected chi connectivity index (χ0v) is 56.4. The lowest BCUT2D eigenvalue weighted by Crippen LogP contribution is -2.40. The molecule has 6 aromatic carbocycles. The Morgan fingerprint density at radius 1 is 0.345 bits per heavy atom. The summed E-state index contributed by atoms with van der Waals surface area (Å²) in [6.07, 6.45) is 26.1. The minimum absolute atomic E-state index is 0.197.